The SMILES string of the molecule is CC(C)(C)c1ccc(C(O)C(F)(F)C(F)F)cc1. The summed E-state index contributed by atoms with van der Waals surface area (Å²) in [6.45, 7) is 5.81. The lowest BCUT2D eigenvalue weighted by atomic mass is 9.86. The van der Waals surface area contributed by atoms with Crippen molar-refractivity contribution < 1.29 is 22.7 Å². The third-order valence-corrected chi connectivity index (χ3v) is 2.75. The Labute approximate surface area is 103 Å². The maximum Gasteiger partial charge on any atom is 0.336 e. The van der Waals surface area contributed by atoms with E-state index < -0.39 is 18.5 Å². The number of alkyl halides is 4. The molecule has 0 bridgehead atoms. The molecule has 0 saturated heterocycles. The van der Waals surface area contributed by atoms with Crippen molar-refractivity contribution in [1.82, 2.24) is 0 Å². The number of rotatable bonds is 3. The molecule has 1 N–H and O–H groups in total. The minimum Gasteiger partial charge on any atom is -0.382 e. The molecule has 102 valence electrons. The third kappa shape index (κ3) is 3.02. The maximum absolute atomic E-state index is 13.0. The number of hydrogen-bond acceptors (Lipinski definition) is 1. The predicted octanol–water partition coefficient (Wildman–Crippen LogP) is 3.92. The lowest BCUT2D eigenvalue weighted by Gasteiger charge is -2.23. The lowest BCUT2D eigenvalue weighted by Crippen LogP contribution is -2.34. The fraction of sp³-hybridized carbons (Fsp3) is 0.538. The molecule has 1 aromatic rings. The smallest absolute Gasteiger partial charge is 0.336 e. The first-order valence-electron chi connectivity index (χ1n) is 5.51. The summed E-state index contributed by atoms with van der Waals surface area (Å²) in [5.74, 6) is -4.44. The van der Waals surface area contributed by atoms with E-state index in [0.717, 1.165) is 5.56 Å². The van der Waals surface area contributed by atoms with Gasteiger partial charge in [-0.1, -0.05) is 45.0 Å². The van der Waals surface area contributed by atoms with E-state index in [1.54, 1.807) is 12.1 Å². The van der Waals surface area contributed by atoms with Gasteiger partial charge in [-0.25, -0.2) is 8.78 Å². The van der Waals surface area contributed by atoms with E-state index in [0.29, 0.717) is 0 Å². The average Bonchev–Trinajstić information content (AvgIpc) is 2.26. The van der Waals surface area contributed by atoms with Crippen LogP contribution in [0.1, 0.15) is 38.0 Å². The van der Waals surface area contributed by atoms with Crippen molar-refractivity contribution in [1.29, 1.82) is 0 Å². The fourth-order valence-electron chi connectivity index (χ4n) is 1.51. The molecule has 0 aromatic heterocycles. The quantitative estimate of drug-likeness (QED) is 0.820. The van der Waals surface area contributed by atoms with Crippen molar-refractivity contribution in [3.63, 3.8) is 0 Å². The van der Waals surface area contributed by atoms with E-state index in [4.69, 9.17) is 0 Å². The Morgan fingerprint density at radius 2 is 1.44 bits per heavy atom. The van der Waals surface area contributed by atoms with Crippen LogP contribution in [0.2, 0.25) is 0 Å². The van der Waals surface area contributed by atoms with Crippen molar-refractivity contribution in [2.45, 2.75) is 44.6 Å². The lowest BCUT2D eigenvalue weighted by molar-refractivity contribution is -0.193. The van der Waals surface area contributed by atoms with E-state index in [1.807, 2.05) is 20.8 Å². The molecule has 0 amide bonds. The van der Waals surface area contributed by atoms with Crippen LogP contribution in [0.3, 0.4) is 0 Å². The van der Waals surface area contributed by atoms with Crippen LogP contribution in [-0.4, -0.2) is 17.5 Å². The van der Waals surface area contributed by atoms with E-state index in [2.05, 4.69) is 0 Å². The third-order valence-electron chi connectivity index (χ3n) is 2.75. The Kier molecular flexibility index (Phi) is 4.05. The summed E-state index contributed by atoms with van der Waals surface area (Å²) in [5.41, 5.74) is 0.487. The molecule has 0 heterocycles. The Bertz CT molecular complexity index is 392. The Balaban J connectivity index is 2.99. The summed E-state index contributed by atoms with van der Waals surface area (Å²) in [5, 5.41) is 9.28. The van der Waals surface area contributed by atoms with Gasteiger partial charge in [0.2, 0.25) is 0 Å². The minimum atomic E-state index is -4.44. The van der Waals surface area contributed by atoms with Crippen molar-refractivity contribution in [3.05, 3.63) is 35.4 Å². The molecule has 1 nitrogen and oxygen atoms in total. The molecular weight excluding hydrogens is 248 g/mol. The van der Waals surface area contributed by atoms with Gasteiger partial charge in [0.1, 0.15) is 6.10 Å². The van der Waals surface area contributed by atoms with Gasteiger partial charge in [0.15, 0.2) is 0 Å². The van der Waals surface area contributed by atoms with Crippen LogP contribution in [0, 0.1) is 0 Å². The summed E-state index contributed by atoms with van der Waals surface area (Å²) < 4.78 is 50.1. The first kappa shape index (κ1) is 15.0. The van der Waals surface area contributed by atoms with Gasteiger partial charge < -0.3 is 5.11 Å². The summed E-state index contributed by atoms with van der Waals surface area (Å²) in [6.07, 6.45) is -6.39. The zero-order valence-corrected chi connectivity index (χ0v) is 10.4. The van der Waals surface area contributed by atoms with Crippen LogP contribution in [0.25, 0.3) is 0 Å². The second kappa shape index (κ2) is 4.88. The van der Waals surface area contributed by atoms with Crippen LogP contribution in [0.4, 0.5) is 17.6 Å². The summed E-state index contributed by atoms with van der Waals surface area (Å²) in [7, 11) is 0. The molecule has 0 aliphatic heterocycles. The molecule has 1 aromatic carbocycles. The van der Waals surface area contributed by atoms with Crippen molar-refractivity contribution >= 4 is 0 Å². The summed E-state index contributed by atoms with van der Waals surface area (Å²) in [4.78, 5) is 0. The predicted molar refractivity (Wildman–Crippen MR) is 61.1 cm³/mol. The Morgan fingerprint density at radius 3 is 1.78 bits per heavy atom. The molecular formula is C13H16F4O. The highest BCUT2D eigenvalue weighted by Gasteiger charge is 2.48. The fourth-order valence-corrected chi connectivity index (χ4v) is 1.51. The monoisotopic (exact) mass is 264 g/mol. The standard InChI is InChI=1S/C13H16F4O/c1-12(2,3)9-6-4-8(5-7-9)10(18)13(16,17)11(14)15/h4-7,10-11,18H,1-3H3. The highest BCUT2D eigenvalue weighted by atomic mass is 19.3. The molecule has 0 spiro atoms. The number of aliphatic hydroxyl groups excluding tert-OH is 1. The van der Waals surface area contributed by atoms with Gasteiger partial charge >= 0.3 is 12.3 Å². The van der Waals surface area contributed by atoms with Gasteiger partial charge in [-0.05, 0) is 16.5 Å². The Morgan fingerprint density at radius 1 is 1.00 bits per heavy atom. The molecule has 18 heavy (non-hydrogen) atoms. The van der Waals surface area contributed by atoms with Crippen molar-refractivity contribution in [3.8, 4) is 0 Å². The number of benzene rings is 1. The average molecular weight is 264 g/mol. The van der Waals surface area contributed by atoms with Crippen molar-refractivity contribution in [2.75, 3.05) is 0 Å². The van der Waals surface area contributed by atoms with E-state index in [9.17, 15) is 22.7 Å². The molecule has 1 unspecified atom stereocenters. The maximum atomic E-state index is 13.0. The van der Waals surface area contributed by atoms with Gasteiger partial charge in [-0.15, -0.1) is 0 Å². The zero-order chi connectivity index (χ0) is 14.1. The highest BCUT2D eigenvalue weighted by Crippen LogP contribution is 2.37. The number of halogens is 4. The van der Waals surface area contributed by atoms with E-state index in [1.165, 1.54) is 12.1 Å². The van der Waals surface area contributed by atoms with Crippen LogP contribution >= 0.6 is 0 Å². The molecule has 0 radical (unpaired) electrons. The number of aliphatic hydroxyl groups is 1. The number of hydrogen-bond donors (Lipinski definition) is 1. The van der Waals surface area contributed by atoms with Gasteiger partial charge in [0.05, 0.1) is 0 Å². The zero-order valence-electron chi connectivity index (χ0n) is 10.4. The first-order valence-corrected chi connectivity index (χ1v) is 5.51. The molecule has 1 atom stereocenters. The molecule has 0 aliphatic carbocycles. The van der Waals surface area contributed by atoms with Crippen LogP contribution in [0.5, 0.6) is 0 Å². The van der Waals surface area contributed by atoms with E-state index >= 15 is 0 Å². The second-order valence-electron chi connectivity index (χ2n) is 5.25. The second-order valence-corrected chi connectivity index (χ2v) is 5.25. The van der Waals surface area contributed by atoms with Crippen LogP contribution in [0.15, 0.2) is 24.3 Å². The molecule has 1 rings (SSSR count). The normalized spacial score (nSPS) is 14.9. The van der Waals surface area contributed by atoms with Gasteiger partial charge in [-0.3, -0.25) is 0 Å². The molecule has 5 heteroatoms. The Hall–Kier alpha value is -1.10. The van der Waals surface area contributed by atoms with Crippen LogP contribution < -0.4 is 0 Å². The molecule has 0 fully saturated rings. The van der Waals surface area contributed by atoms with Crippen molar-refractivity contribution in [2.24, 2.45) is 0 Å². The van der Waals surface area contributed by atoms with Gasteiger partial charge in [-0.2, -0.15) is 8.78 Å². The molecule has 0 aliphatic rings. The first-order chi connectivity index (χ1) is 8.06. The molecule has 0 saturated carbocycles. The highest BCUT2D eigenvalue weighted by molar-refractivity contribution is 5.29. The largest absolute Gasteiger partial charge is 0.382 e. The minimum absolute atomic E-state index is 0.172. The topological polar surface area (TPSA) is 20.2 Å². The van der Waals surface area contributed by atoms with E-state index in [-0.39, 0.29) is 11.0 Å². The van der Waals surface area contributed by atoms with Gasteiger partial charge in [0.25, 0.3) is 0 Å². The van der Waals surface area contributed by atoms with Gasteiger partial charge in [0, 0.05) is 0 Å². The summed E-state index contributed by atoms with van der Waals surface area (Å²) >= 11 is 0. The summed E-state index contributed by atoms with van der Waals surface area (Å²) in [6, 6.07) is 5.61. The van der Waals surface area contributed by atoms with Crippen LogP contribution in [-0.2, 0) is 5.41 Å².